The lowest BCUT2D eigenvalue weighted by Gasteiger charge is -2.41. The van der Waals surface area contributed by atoms with Crippen molar-refractivity contribution in [3.05, 3.63) is 12.7 Å². The van der Waals surface area contributed by atoms with Crippen molar-refractivity contribution in [1.82, 2.24) is 0 Å². The van der Waals surface area contributed by atoms with Gasteiger partial charge < -0.3 is 9.53 Å². The minimum Gasteiger partial charge on any atom is -0.414 e. The lowest BCUT2D eigenvalue weighted by Crippen LogP contribution is -2.46. The van der Waals surface area contributed by atoms with E-state index >= 15 is 0 Å². The molecule has 0 aromatic carbocycles. The van der Waals surface area contributed by atoms with Gasteiger partial charge in [0.2, 0.25) is 0 Å². The van der Waals surface area contributed by atoms with Crippen LogP contribution in [-0.2, 0) is 4.43 Å². The minimum atomic E-state index is -1.76. The molecule has 1 N–H and O–H groups in total. The summed E-state index contributed by atoms with van der Waals surface area (Å²) in [7, 11) is -1.76. The van der Waals surface area contributed by atoms with Crippen molar-refractivity contribution in [1.29, 1.82) is 0 Å². The fourth-order valence-corrected chi connectivity index (χ4v) is 3.14. The fraction of sp³-hybridized carbons (Fsp3) is 0.867. The Morgan fingerprint density at radius 2 is 1.61 bits per heavy atom. The third kappa shape index (κ3) is 4.52. The van der Waals surface area contributed by atoms with Gasteiger partial charge in [0, 0.05) is 17.9 Å². The number of aliphatic hydroxyl groups excluding tert-OH is 1. The molecule has 0 rings (SSSR count). The monoisotopic (exact) mass is 272 g/mol. The molecule has 0 aliphatic rings. The lowest BCUT2D eigenvalue weighted by molar-refractivity contribution is 0.0176. The number of hydrogen-bond acceptors (Lipinski definition) is 2. The summed E-state index contributed by atoms with van der Waals surface area (Å²) in [6, 6.07) is 0. The molecular weight excluding hydrogens is 240 g/mol. The van der Waals surface area contributed by atoms with Gasteiger partial charge in [-0.25, -0.2) is 0 Å². The molecule has 0 aliphatic heterocycles. The Balaban J connectivity index is 4.68. The van der Waals surface area contributed by atoms with Crippen molar-refractivity contribution in [3.63, 3.8) is 0 Å². The van der Waals surface area contributed by atoms with Crippen LogP contribution in [0.4, 0.5) is 0 Å². The highest BCUT2D eigenvalue weighted by molar-refractivity contribution is 6.74. The average molecular weight is 273 g/mol. The van der Waals surface area contributed by atoms with Crippen LogP contribution in [0.25, 0.3) is 0 Å². The van der Waals surface area contributed by atoms with Crippen LogP contribution in [0.2, 0.25) is 18.1 Å². The van der Waals surface area contributed by atoms with Crippen molar-refractivity contribution in [2.24, 2.45) is 11.8 Å². The van der Waals surface area contributed by atoms with Crippen molar-refractivity contribution in [2.75, 3.05) is 0 Å². The van der Waals surface area contributed by atoms with E-state index in [4.69, 9.17) is 4.43 Å². The normalized spacial score (nSPS) is 20.1. The van der Waals surface area contributed by atoms with Crippen LogP contribution in [0.15, 0.2) is 12.7 Å². The highest BCUT2D eigenvalue weighted by atomic mass is 28.4. The first-order valence-corrected chi connectivity index (χ1v) is 9.83. The van der Waals surface area contributed by atoms with E-state index < -0.39 is 8.32 Å². The number of rotatable bonds is 6. The largest absolute Gasteiger partial charge is 0.414 e. The second-order valence-corrected chi connectivity index (χ2v) is 11.8. The second kappa shape index (κ2) is 6.35. The summed E-state index contributed by atoms with van der Waals surface area (Å²) in [6.45, 7) is 21.1. The predicted molar refractivity (Wildman–Crippen MR) is 82.3 cm³/mol. The van der Waals surface area contributed by atoms with E-state index in [1.54, 1.807) is 6.08 Å². The predicted octanol–water partition coefficient (Wildman–Crippen LogP) is 4.22. The van der Waals surface area contributed by atoms with Crippen molar-refractivity contribution in [3.8, 4) is 0 Å². The van der Waals surface area contributed by atoms with Crippen LogP contribution in [0.5, 0.6) is 0 Å². The summed E-state index contributed by atoms with van der Waals surface area (Å²) < 4.78 is 6.32. The summed E-state index contributed by atoms with van der Waals surface area (Å²) in [5.74, 6) is 0.220. The van der Waals surface area contributed by atoms with E-state index in [1.165, 1.54) is 0 Å². The van der Waals surface area contributed by atoms with Gasteiger partial charge in [-0.3, -0.25) is 0 Å². The van der Waals surface area contributed by atoms with Gasteiger partial charge in [0.05, 0.1) is 6.10 Å². The van der Waals surface area contributed by atoms with Crippen molar-refractivity contribution in [2.45, 2.75) is 71.9 Å². The molecule has 0 heterocycles. The molecular formula is C15H32O2Si. The molecule has 18 heavy (non-hydrogen) atoms. The third-order valence-corrected chi connectivity index (χ3v) is 9.05. The van der Waals surface area contributed by atoms with Gasteiger partial charge in [-0.2, -0.15) is 0 Å². The Morgan fingerprint density at radius 3 is 1.94 bits per heavy atom. The first-order chi connectivity index (χ1) is 7.94. The lowest BCUT2D eigenvalue weighted by atomic mass is 9.90. The molecule has 0 bridgehead atoms. The van der Waals surface area contributed by atoms with E-state index in [9.17, 15) is 5.11 Å². The molecule has 0 fully saturated rings. The Morgan fingerprint density at radius 1 is 1.17 bits per heavy atom. The molecule has 0 aliphatic carbocycles. The number of hydrogen-bond donors (Lipinski definition) is 1. The smallest absolute Gasteiger partial charge is 0.192 e. The topological polar surface area (TPSA) is 29.5 Å². The third-order valence-electron chi connectivity index (χ3n) is 4.48. The summed E-state index contributed by atoms with van der Waals surface area (Å²) in [5.41, 5.74) is 0. The summed E-state index contributed by atoms with van der Waals surface area (Å²) in [6.07, 6.45) is 1.49. The Kier molecular flexibility index (Phi) is 6.31. The van der Waals surface area contributed by atoms with Crippen LogP contribution in [0.1, 0.15) is 41.5 Å². The molecule has 108 valence electrons. The van der Waals surface area contributed by atoms with Gasteiger partial charge in [0.25, 0.3) is 0 Å². The van der Waals surface area contributed by atoms with Crippen molar-refractivity contribution < 1.29 is 9.53 Å². The Labute approximate surface area is 115 Å². The second-order valence-electron chi connectivity index (χ2n) is 7.03. The van der Waals surface area contributed by atoms with Gasteiger partial charge in [0.1, 0.15) is 0 Å². The maximum absolute atomic E-state index is 10.2. The molecule has 3 heteroatoms. The van der Waals surface area contributed by atoms with Crippen LogP contribution < -0.4 is 0 Å². The van der Waals surface area contributed by atoms with Crippen LogP contribution >= 0.6 is 0 Å². The average Bonchev–Trinajstić information content (AvgIpc) is 2.23. The Hall–Kier alpha value is -0.123. The molecule has 0 radical (unpaired) electrons. The van der Waals surface area contributed by atoms with Gasteiger partial charge in [0.15, 0.2) is 8.32 Å². The van der Waals surface area contributed by atoms with E-state index in [0.717, 1.165) is 0 Å². The van der Waals surface area contributed by atoms with Crippen LogP contribution in [-0.4, -0.2) is 25.6 Å². The maximum atomic E-state index is 10.2. The van der Waals surface area contributed by atoms with Crippen LogP contribution in [0.3, 0.4) is 0 Å². The molecule has 0 spiro atoms. The SMILES string of the molecule is C=C[C@@H](C)[C@H](O)[C@@H](C)[C@H](C)O[Si](C)(C)C(C)(C)C. The van der Waals surface area contributed by atoms with Gasteiger partial charge >= 0.3 is 0 Å². The summed E-state index contributed by atoms with van der Waals surface area (Å²) >= 11 is 0. The highest BCUT2D eigenvalue weighted by Gasteiger charge is 2.40. The van der Waals surface area contributed by atoms with Crippen molar-refractivity contribution >= 4 is 8.32 Å². The molecule has 0 unspecified atom stereocenters. The summed E-state index contributed by atoms with van der Waals surface area (Å²) in [4.78, 5) is 0. The molecule has 0 saturated carbocycles. The Bertz CT molecular complexity index is 268. The van der Waals surface area contributed by atoms with E-state index in [1.807, 2.05) is 6.92 Å². The maximum Gasteiger partial charge on any atom is 0.192 e. The standard InChI is InChI=1S/C15H32O2Si/c1-10-11(2)14(16)12(3)13(4)17-18(8,9)15(5,6)7/h10-14,16H,1H2,2-9H3/t11-,12+,13+,14+/m1/s1. The zero-order valence-corrected chi connectivity index (χ0v) is 14.4. The first kappa shape index (κ1) is 17.9. The molecule has 4 atom stereocenters. The van der Waals surface area contributed by atoms with Crippen LogP contribution in [0, 0.1) is 11.8 Å². The molecule has 0 aromatic heterocycles. The molecule has 0 amide bonds. The van der Waals surface area contributed by atoms with E-state index in [2.05, 4.69) is 54.3 Å². The fourth-order valence-electron chi connectivity index (χ4n) is 1.64. The summed E-state index contributed by atoms with van der Waals surface area (Å²) in [5, 5.41) is 10.4. The number of aliphatic hydroxyl groups is 1. The zero-order chi connectivity index (χ0) is 14.7. The van der Waals surface area contributed by atoms with E-state index in [0.29, 0.717) is 0 Å². The van der Waals surface area contributed by atoms with Gasteiger partial charge in [-0.1, -0.05) is 40.7 Å². The van der Waals surface area contributed by atoms with E-state index in [-0.39, 0.29) is 29.1 Å². The van der Waals surface area contributed by atoms with Gasteiger partial charge in [-0.05, 0) is 25.1 Å². The minimum absolute atomic E-state index is 0.0725. The highest BCUT2D eigenvalue weighted by Crippen LogP contribution is 2.38. The quantitative estimate of drug-likeness (QED) is 0.579. The first-order valence-electron chi connectivity index (χ1n) is 6.92. The molecule has 0 saturated heterocycles. The molecule has 2 nitrogen and oxygen atoms in total. The zero-order valence-electron chi connectivity index (χ0n) is 13.4. The van der Waals surface area contributed by atoms with Gasteiger partial charge in [-0.15, -0.1) is 6.58 Å². The molecule has 0 aromatic rings.